The van der Waals surface area contributed by atoms with Gasteiger partial charge >= 0.3 is 0 Å². The van der Waals surface area contributed by atoms with E-state index in [9.17, 15) is 0 Å². The second kappa shape index (κ2) is 5.57. The first-order chi connectivity index (χ1) is 8.58. The van der Waals surface area contributed by atoms with Gasteiger partial charge in [0.15, 0.2) is 5.82 Å². The van der Waals surface area contributed by atoms with Crippen LogP contribution in [0.15, 0.2) is 18.3 Å². The lowest BCUT2D eigenvalue weighted by Gasteiger charge is -2.36. The molecular weight excluding hydrogens is 224 g/mol. The molecule has 1 N–H and O–H groups in total. The average molecular weight is 248 g/mol. The maximum atomic E-state index is 4.43. The van der Waals surface area contributed by atoms with E-state index < -0.39 is 0 Å². The third kappa shape index (κ3) is 2.93. The topological polar surface area (TPSA) is 31.4 Å². The van der Waals surface area contributed by atoms with Crippen molar-refractivity contribution in [2.24, 2.45) is 0 Å². The van der Waals surface area contributed by atoms with Crippen molar-refractivity contribution in [1.29, 1.82) is 0 Å². The summed E-state index contributed by atoms with van der Waals surface area (Å²) in [6.45, 7) is 3.46. The minimum atomic E-state index is 0.555. The zero-order chi connectivity index (χ0) is 13.1. The van der Waals surface area contributed by atoms with Crippen LogP contribution in [0.2, 0.25) is 0 Å². The average Bonchev–Trinajstić information content (AvgIpc) is 2.34. The highest BCUT2D eigenvalue weighted by molar-refractivity contribution is 5.65. The van der Waals surface area contributed by atoms with Crippen LogP contribution in [0.4, 0.5) is 11.5 Å². The van der Waals surface area contributed by atoms with Crippen molar-refractivity contribution in [3.05, 3.63) is 18.3 Å². The van der Waals surface area contributed by atoms with Gasteiger partial charge in [-0.15, -0.1) is 0 Å². The number of pyridine rings is 1. The lowest BCUT2D eigenvalue weighted by atomic mass is 9.99. The Hall–Kier alpha value is -1.29. The smallest absolute Gasteiger partial charge is 0.151 e. The second-order valence-electron chi connectivity index (χ2n) is 5.46. The normalized spacial score (nSPS) is 24.9. The predicted molar refractivity (Wildman–Crippen MR) is 77.3 cm³/mol. The maximum Gasteiger partial charge on any atom is 0.151 e. The van der Waals surface area contributed by atoms with Gasteiger partial charge in [-0.05, 0) is 38.9 Å². The lowest BCUT2D eigenvalue weighted by Crippen LogP contribution is -2.42. The highest BCUT2D eigenvalue weighted by Gasteiger charge is 2.23. The fourth-order valence-corrected chi connectivity index (χ4v) is 2.51. The Balaban J connectivity index is 2.06. The van der Waals surface area contributed by atoms with Crippen LogP contribution in [0.1, 0.15) is 19.8 Å². The molecule has 18 heavy (non-hydrogen) atoms. The van der Waals surface area contributed by atoms with Crippen LogP contribution in [0.5, 0.6) is 0 Å². The summed E-state index contributed by atoms with van der Waals surface area (Å²) in [5.41, 5.74) is 1.14. The third-order valence-corrected chi connectivity index (χ3v) is 3.78. The summed E-state index contributed by atoms with van der Waals surface area (Å²) in [6, 6.07) is 5.31. The summed E-state index contributed by atoms with van der Waals surface area (Å²) in [6.07, 6.45) is 4.23. The molecule has 2 rings (SSSR count). The van der Waals surface area contributed by atoms with Crippen LogP contribution < -0.4 is 10.2 Å². The van der Waals surface area contributed by atoms with E-state index in [2.05, 4.69) is 40.1 Å². The number of hydrogen-bond donors (Lipinski definition) is 1. The van der Waals surface area contributed by atoms with Crippen LogP contribution in [0, 0.1) is 0 Å². The van der Waals surface area contributed by atoms with Gasteiger partial charge in [-0.3, -0.25) is 0 Å². The molecule has 1 aromatic heterocycles. The van der Waals surface area contributed by atoms with Gasteiger partial charge in [0.05, 0.1) is 5.69 Å². The molecule has 2 unspecified atom stereocenters. The molecule has 0 bridgehead atoms. The fourth-order valence-electron chi connectivity index (χ4n) is 2.51. The van der Waals surface area contributed by atoms with Crippen molar-refractivity contribution in [2.45, 2.75) is 31.8 Å². The molecule has 1 aliphatic heterocycles. The van der Waals surface area contributed by atoms with Crippen LogP contribution in [0.25, 0.3) is 0 Å². The summed E-state index contributed by atoms with van der Waals surface area (Å²) in [5.74, 6) is 1.02. The zero-order valence-electron chi connectivity index (χ0n) is 11.8. The molecule has 1 aliphatic rings. The molecule has 0 spiro atoms. The number of aromatic nitrogens is 1. The fraction of sp³-hybridized carbons (Fsp3) is 0.643. The molecule has 0 saturated carbocycles. The first-order valence-corrected chi connectivity index (χ1v) is 6.67. The highest BCUT2D eigenvalue weighted by atomic mass is 15.2. The van der Waals surface area contributed by atoms with Crippen molar-refractivity contribution in [1.82, 2.24) is 9.88 Å². The number of anilines is 2. The van der Waals surface area contributed by atoms with Crippen LogP contribution in [0.3, 0.4) is 0 Å². The monoisotopic (exact) mass is 248 g/mol. The van der Waals surface area contributed by atoms with E-state index in [1.54, 1.807) is 0 Å². The van der Waals surface area contributed by atoms with Gasteiger partial charge < -0.3 is 15.1 Å². The first kappa shape index (κ1) is 13.1. The molecule has 4 nitrogen and oxygen atoms in total. The second-order valence-corrected chi connectivity index (χ2v) is 5.46. The minimum Gasteiger partial charge on any atom is -0.379 e. The predicted octanol–water partition coefficient (Wildman–Crippen LogP) is 2.04. The van der Waals surface area contributed by atoms with Crippen molar-refractivity contribution in [3.63, 3.8) is 0 Å². The quantitative estimate of drug-likeness (QED) is 0.887. The van der Waals surface area contributed by atoms with Crippen molar-refractivity contribution >= 4 is 11.5 Å². The summed E-state index contributed by atoms with van der Waals surface area (Å²) < 4.78 is 0. The van der Waals surface area contributed by atoms with Gasteiger partial charge in [-0.2, -0.15) is 0 Å². The Morgan fingerprint density at radius 3 is 2.89 bits per heavy atom. The number of piperidine rings is 1. The Morgan fingerprint density at radius 1 is 1.44 bits per heavy atom. The number of nitrogens with one attached hydrogen (secondary N) is 1. The Kier molecular flexibility index (Phi) is 4.07. The molecule has 0 aliphatic carbocycles. The van der Waals surface area contributed by atoms with Crippen LogP contribution in [-0.4, -0.2) is 49.7 Å². The molecule has 1 aromatic rings. The summed E-state index contributed by atoms with van der Waals surface area (Å²) in [5, 5.41) is 3.65. The summed E-state index contributed by atoms with van der Waals surface area (Å²) in [7, 11) is 6.27. The van der Waals surface area contributed by atoms with Gasteiger partial charge in [-0.25, -0.2) is 4.98 Å². The molecule has 0 radical (unpaired) electrons. The molecule has 100 valence electrons. The number of nitrogens with zero attached hydrogens (tertiary/aromatic N) is 3. The molecular formula is C14H24N4. The lowest BCUT2D eigenvalue weighted by molar-refractivity contribution is 0.190. The van der Waals surface area contributed by atoms with E-state index >= 15 is 0 Å². The molecule has 1 fully saturated rings. The van der Waals surface area contributed by atoms with E-state index in [1.807, 2.05) is 26.4 Å². The van der Waals surface area contributed by atoms with E-state index in [-0.39, 0.29) is 0 Å². The van der Waals surface area contributed by atoms with E-state index in [0.717, 1.165) is 18.1 Å². The van der Waals surface area contributed by atoms with Crippen molar-refractivity contribution in [3.8, 4) is 0 Å². The molecule has 0 amide bonds. The van der Waals surface area contributed by atoms with Gasteiger partial charge in [-0.1, -0.05) is 0 Å². The zero-order valence-corrected chi connectivity index (χ0v) is 11.8. The third-order valence-electron chi connectivity index (χ3n) is 3.78. The largest absolute Gasteiger partial charge is 0.379 e. The van der Waals surface area contributed by atoms with E-state index in [4.69, 9.17) is 0 Å². The molecule has 4 heteroatoms. The van der Waals surface area contributed by atoms with E-state index in [1.165, 1.54) is 12.8 Å². The number of likely N-dealkylation sites (tertiary alicyclic amines) is 1. The molecule has 0 aromatic carbocycles. The van der Waals surface area contributed by atoms with Gasteiger partial charge in [0.25, 0.3) is 0 Å². The Bertz CT molecular complexity index is 391. The van der Waals surface area contributed by atoms with Crippen molar-refractivity contribution in [2.75, 3.05) is 37.9 Å². The van der Waals surface area contributed by atoms with E-state index in [0.29, 0.717) is 12.1 Å². The van der Waals surface area contributed by atoms with Gasteiger partial charge in [0.1, 0.15) is 0 Å². The SMILES string of the molecule is CC1CC(Nc2cccnc2N(C)C)CCN1C. The van der Waals surface area contributed by atoms with Crippen molar-refractivity contribution < 1.29 is 0 Å². The molecule has 1 saturated heterocycles. The Morgan fingerprint density at radius 2 is 2.22 bits per heavy atom. The van der Waals surface area contributed by atoms with Crippen LogP contribution >= 0.6 is 0 Å². The standard InChI is InChI=1S/C14H24N4/c1-11-10-12(7-9-18(11)4)16-13-6-5-8-15-14(13)17(2)3/h5-6,8,11-12,16H,7,9-10H2,1-4H3. The Labute approximate surface area is 110 Å². The highest BCUT2D eigenvalue weighted by Crippen LogP contribution is 2.25. The summed E-state index contributed by atoms with van der Waals surface area (Å²) in [4.78, 5) is 8.91. The van der Waals surface area contributed by atoms with Crippen LogP contribution in [-0.2, 0) is 0 Å². The first-order valence-electron chi connectivity index (χ1n) is 6.67. The molecule has 2 heterocycles. The van der Waals surface area contributed by atoms with Gasteiger partial charge in [0, 0.05) is 38.9 Å². The molecule has 2 atom stereocenters. The van der Waals surface area contributed by atoms with Gasteiger partial charge in [0.2, 0.25) is 0 Å². The summed E-state index contributed by atoms with van der Waals surface area (Å²) >= 11 is 0. The number of rotatable bonds is 3. The number of hydrogen-bond acceptors (Lipinski definition) is 4. The maximum absolute atomic E-state index is 4.43. The minimum absolute atomic E-state index is 0.555.